The maximum atomic E-state index is 11.6. The largest absolute Gasteiger partial charge is 0.469 e. The Labute approximate surface area is 157 Å². The fourth-order valence-electron chi connectivity index (χ4n) is 3.12. The number of nitrogens with zero attached hydrogens (tertiary/aromatic N) is 4. The van der Waals surface area contributed by atoms with Gasteiger partial charge < -0.3 is 9.30 Å². The highest BCUT2D eigenvalue weighted by molar-refractivity contribution is 7.71. The van der Waals surface area contributed by atoms with E-state index in [1.807, 2.05) is 40.6 Å². The number of halogens is 1. The van der Waals surface area contributed by atoms with Crippen LogP contribution < -0.4 is 0 Å². The van der Waals surface area contributed by atoms with Crippen LogP contribution in [-0.4, -0.2) is 45.4 Å². The van der Waals surface area contributed by atoms with Crippen molar-refractivity contribution in [1.82, 2.24) is 19.2 Å². The van der Waals surface area contributed by atoms with Gasteiger partial charge in [-0.3, -0.25) is 9.69 Å². The first-order chi connectivity index (χ1) is 12.0. The molecule has 134 valence electrons. The lowest BCUT2D eigenvalue weighted by atomic mass is 9.97. The number of hydrogen-bond acceptors (Lipinski definition) is 5. The Morgan fingerprint density at radius 1 is 1.36 bits per heavy atom. The molecule has 1 aliphatic rings. The number of benzene rings is 1. The number of carbonyl (C=O) groups excluding carboxylic acids is 1. The molecule has 0 bridgehead atoms. The lowest BCUT2D eigenvalue weighted by Crippen LogP contribution is -2.38. The number of methoxy groups -OCH3 is 1. The van der Waals surface area contributed by atoms with E-state index in [2.05, 4.69) is 10.00 Å². The Morgan fingerprint density at radius 3 is 2.68 bits per heavy atom. The van der Waals surface area contributed by atoms with Crippen molar-refractivity contribution in [2.24, 2.45) is 13.0 Å². The Bertz CT molecular complexity index is 824. The third-order valence-electron chi connectivity index (χ3n) is 4.61. The predicted octanol–water partition coefficient (Wildman–Crippen LogP) is 3.11. The molecule has 6 nitrogen and oxygen atoms in total. The van der Waals surface area contributed by atoms with Gasteiger partial charge in [0.15, 0.2) is 10.6 Å². The molecule has 3 rings (SSSR count). The smallest absolute Gasteiger partial charge is 0.308 e. The molecule has 2 aromatic rings. The third-order valence-corrected chi connectivity index (χ3v) is 5.43. The molecule has 0 aliphatic carbocycles. The summed E-state index contributed by atoms with van der Waals surface area (Å²) in [5, 5.41) is 5.31. The van der Waals surface area contributed by atoms with E-state index < -0.39 is 0 Å². The van der Waals surface area contributed by atoms with E-state index >= 15 is 0 Å². The van der Waals surface area contributed by atoms with E-state index in [1.54, 1.807) is 0 Å². The SMILES string of the molecule is COC(=O)C1CCN(Cn2nc(-c3ccccc3Cl)n(C)c2=S)CC1. The summed E-state index contributed by atoms with van der Waals surface area (Å²) in [7, 11) is 3.34. The van der Waals surface area contributed by atoms with Crippen molar-refractivity contribution in [3.8, 4) is 11.4 Å². The summed E-state index contributed by atoms with van der Waals surface area (Å²) in [6, 6.07) is 7.60. The minimum absolute atomic E-state index is 0.00311. The van der Waals surface area contributed by atoms with Crippen LogP contribution in [0.3, 0.4) is 0 Å². The van der Waals surface area contributed by atoms with Gasteiger partial charge in [0, 0.05) is 25.7 Å². The average Bonchev–Trinajstić information content (AvgIpc) is 2.90. The first kappa shape index (κ1) is 18.1. The number of aromatic nitrogens is 3. The summed E-state index contributed by atoms with van der Waals surface area (Å²) >= 11 is 11.8. The van der Waals surface area contributed by atoms with Crippen LogP contribution in [-0.2, 0) is 23.2 Å². The summed E-state index contributed by atoms with van der Waals surface area (Å²) in [6.45, 7) is 2.24. The molecular weight excluding hydrogens is 360 g/mol. The van der Waals surface area contributed by atoms with Crippen molar-refractivity contribution in [3.05, 3.63) is 34.1 Å². The highest BCUT2D eigenvalue weighted by Crippen LogP contribution is 2.26. The van der Waals surface area contributed by atoms with Crippen molar-refractivity contribution in [1.29, 1.82) is 0 Å². The van der Waals surface area contributed by atoms with Gasteiger partial charge in [-0.2, -0.15) is 5.10 Å². The maximum absolute atomic E-state index is 11.6. The topological polar surface area (TPSA) is 52.3 Å². The van der Waals surface area contributed by atoms with E-state index in [0.29, 0.717) is 16.5 Å². The first-order valence-electron chi connectivity index (χ1n) is 8.20. The van der Waals surface area contributed by atoms with Gasteiger partial charge in [0.2, 0.25) is 0 Å². The van der Waals surface area contributed by atoms with Gasteiger partial charge in [-0.15, -0.1) is 0 Å². The molecular formula is C17H21ClN4O2S. The van der Waals surface area contributed by atoms with Gasteiger partial charge in [0.25, 0.3) is 0 Å². The minimum atomic E-state index is -0.116. The number of rotatable bonds is 4. The Hall–Kier alpha value is -1.70. The second-order valence-electron chi connectivity index (χ2n) is 6.20. The molecule has 1 aromatic heterocycles. The highest BCUT2D eigenvalue weighted by atomic mass is 35.5. The number of likely N-dealkylation sites (tertiary alicyclic amines) is 1. The third kappa shape index (κ3) is 3.78. The van der Waals surface area contributed by atoms with E-state index in [4.69, 9.17) is 28.6 Å². The van der Waals surface area contributed by atoms with Crippen LogP contribution in [0.5, 0.6) is 0 Å². The zero-order chi connectivity index (χ0) is 18.0. The molecule has 0 spiro atoms. The van der Waals surface area contributed by atoms with Gasteiger partial charge in [0.1, 0.15) is 0 Å². The molecule has 1 fully saturated rings. The molecule has 1 aromatic carbocycles. The van der Waals surface area contributed by atoms with E-state index in [0.717, 1.165) is 37.3 Å². The molecule has 1 aliphatic heterocycles. The summed E-state index contributed by atoms with van der Waals surface area (Å²) in [5.41, 5.74) is 0.862. The first-order valence-corrected chi connectivity index (χ1v) is 8.98. The zero-order valence-electron chi connectivity index (χ0n) is 14.3. The van der Waals surface area contributed by atoms with Gasteiger partial charge >= 0.3 is 5.97 Å². The quantitative estimate of drug-likeness (QED) is 0.602. The predicted molar refractivity (Wildman–Crippen MR) is 98.8 cm³/mol. The highest BCUT2D eigenvalue weighted by Gasteiger charge is 2.26. The summed E-state index contributed by atoms with van der Waals surface area (Å²) in [6.07, 6.45) is 1.59. The van der Waals surface area contributed by atoms with E-state index in [-0.39, 0.29) is 11.9 Å². The van der Waals surface area contributed by atoms with Crippen LogP contribution >= 0.6 is 23.8 Å². The van der Waals surface area contributed by atoms with Crippen LogP contribution in [0.1, 0.15) is 12.8 Å². The number of piperidine rings is 1. The monoisotopic (exact) mass is 380 g/mol. The fraction of sp³-hybridized carbons (Fsp3) is 0.471. The van der Waals surface area contributed by atoms with Gasteiger partial charge in [-0.1, -0.05) is 23.7 Å². The Kier molecular flexibility index (Phi) is 5.56. The number of hydrogen-bond donors (Lipinski definition) is 0. The molecule has 1 saturated heterocycles. The normalized spacial score (nSPS) is 16.1. The molecule has 0 N–H and O–H groups in total. The standard InChI is InChI=1S/C17H21ClN4O2S/c1-20-15(13-5-3-4-6-14(13)18)19-22(17(20)25)11-21-9-7-12(8-10-21)16(23)24-2/h3-6,12H,7-11H2,1-2H3. The molecule has 0 radical (unpaired) electrons. The number of esters is 1. The summed E-state index contributed by atoms with van der Waals surface area (Å²) in [4.78, 5) is 13.9. The average molecular weight is 381 g/mol. The van der Waals surface area contributed by atoms with Crippen molar-refractivity contribution < 1.29 is 9.53 Å². The van der Waals surface area contributed by atoms with Crippen LogP contribution in [0.2, 0.25) is 5.02 Å². The molecule has 8 heteroatoms. The van der Waals surface area contributed by atoms with Crippen molar-refractivity contribution in [3.63, 3.8) is 0 Å². The van der Waals surface area contributed by atoms with Crippen LogP contribution in [0, 0.1) is 10.7 Å². The Morgan fingerprint density at radius 2 is 2.04 bits per heavy atom. The van der Waals surface area contributed by atoms with Crippen molar-refractivity contribution in [2.45, 2.75) is 19.5 Å². The van der Waals surface area contributed by atoms with Crippen LogP contribution in [0.15, 0.2) is 24.3 Å². The summed E-state index contributed by atoms with van der Waals surface area (Å²) in [5.74, 6) is 0.631. The van der Waals surface area contributed by atoms with Gasteiger partial charge in [0.05, 0.1) is 24.7 Å². The fourth-order valence-corrected chi connectivity index (χ4v) is 3.53. The molecule has 0 amide bonds. The van der Waals surface area contributed by atoms with Crippen LogP contribution in [0.4, 0.5) is 0 Å². The van der Waals surface area contributed by atoms with E-state index in [9.17, 15) is 4.79 Å². The summed E-state index contributed by atoms with van der Waals surface area (Å²) < 4.78 is 9.16. The molecule has 25 heavy (non-hydrogen) atoms. The minimum Gasteiger partial charge on any atom is -0.469 e. The van der Waals surface area contributed by atoms with Gasteiger partial charge in [-0.05, 0) is 37.2 Å². The second kappa shape index (κ2) is 7.68. The maximum Gasteiger partial charge on any atom is 0.308 e. The van der Waals surface area contributed by atoms with Crippen LogP contribution in [0.25, 0.3) is 11.4 Å². The molecule has 0 saturated carbocycles. The number of ether oxygens (including phenoxy) is 1. The molecule has 0 atom stereocenters. The lowest BCUT2D eigenvalue weighted by molar-refractivity contribution is -0.147. The molecule has 0 unspecified atom stereocenters. The van der Waals surface area contributed by atoms with Gasteiger partial charge in [-0.25, -0.2) is 4.68 Å². The van der Waals surface area contributed by atoms with Crippen molar-refractivity contribution >= 4 is 29.8 Å². The molecule has 2 heterocycles. The number of carbonyl (C=O) groups is 1. The van der Waals surface area contributed by atoms with Crippen molar-refractivity contribution in [2.75, 3.05) is 20.2 Å². The second-order valence-corrected chi connectivity index (χ2v) is 6.97. The van der Waals surface area contributed by atoms with E-state index in [1.165, 1.54) is 7.11 Å². The Balaban J connectivity index is 1.75. The lowest BCUT2D eigenvalue weighted by Gasteiger charge is -2.30. The zero-order valence-corrected chi connectivity index (χ0v) is 15.9.